The predicted molar refractivity (Wildman–Crippen MR) is 222 cm³/mol. The molecule has 1 aromatic heterocycles. The van der Waals surface area contributed by atoms with Gasteiger partial charge in [0.05, 0.1) is 0 Å². The maximum absolute atomic E-state index is 6.57. The topological polar surface area (TPSA) is 16.4 Å². The van der Waals surface area contributed by atoms with Gasteiger partial charge in [0.1, 0.15) is 11.2 Å². The minimum absolute atomic E-state index is 0.101. The van der Waals surface area contributed by atoms with Crippen molar-refractivity contribution in [3.05, 3.63) is 199 Å². The fourth-order valence-corrected chi connectivity index (χ4v) is 8.34. The lowest BCUT2D eigenvalue weighted by molar-refractivity contribution is 0.660. The molecule has 1 heterocycles. The highest BCUT2D eigenvalue weighted by Gasteiger charge is 2.35. The normalized spacial score (nSPS) is 12.9. The zero-order valence-electron chi connectivity index (χ0n) is 29.8. The molecule has 0 N–H and O–H groups in total. The van der Waals surface area contributed by atoms with Gasteiger partial charge >= 0.3 is 0 Å². The molecule has 0 fully saturated rings. The standard InChI is InChI=1S/C51H37NO/c1-51(2)47-19-11-9-17-42(47)43-30-29-41(33-48(43)51)52(39-25-21-36(22-26-39)34-13-5-3-6-14-34)40-27-23-37(24-28-40)45-31-38(35-15-7-4-8-16-35)32-46-44-18-10-12-20-49(44)53-50(45)46/h3-33H,1-2H3. The molecule has 0 unspecified atom stereocenters. The number of fused-ring (bicyclic) bond motifs is 6. The van der Waals surface area contributed by atoms with E-state index in [1.807, 2.05) is 6.07 Å². The van der Waals surface area contributed by atoms with Crippen LogP contribution in [0.15, 0.2) is 192 Å². The summed E-state index contributed by atoms with van der Waals surface area (Å²) in [6.45, 7) is 4.69. The summed E-state index contributed by atoms with van der Waals surface area (Å²) in [6.07, 6.45) is 0. The Balaban J connectivity index is 1.11. The van der Waals surface area contributed by atoms with E-state index in [2.05, 4.69) is 201 Å². The maximum Gasteiger partial charge on any atom is 0.143 e. The van der Waals surface area contributed by atoms with E-state index in [9.17, 15) is 0 Å². The number of para-hydroxylation sites is 1. The van der Waals surface area contributed by atoms with Crippen LogP contribution in [0.2, 0.25) is 0 Å². The lowest BCUT2D eigenvalue weighted by Crippen LogP contribution is -2.16. The first kappa shape index (κ1) is 31.1. The highest BCUT2D eigenvalue weighted by atomic mass is 16.3. The molecule has 0 saturated heterocycles. The molecule has 0 radical (unpaired) electrons. The Morgan fingerprint density at radius 3 is 1.64 bits per heavy atom. The summed E-state index contributed by atoms with van der Waals surface area (Å²) in [7, 11) is 0. The Bertz CT molecular complexity index is 2780. The summed E-state index contributed by atoms with van der Waals surface area (Å²) in [6, 6.07) is 67.8. The van der Waals surface area contributed by atoms with Crippen LogP contribution in [-0.2, 0) is 5.41 Å². The molecule has 0 amide bonds. The first-order valence-electron chi connectivity index (χ1n) is 18.3. The van der Waals surface area contributed by atoms with Crippen molar-refractivity contribution in [2.75, 3.05) is 4.90 Å². The third-order valence-electron chi connectivity index (χ3n) is 11.1. The van der Waals surface area contributed by atoms with Gasteiger partial charge in [-0.25, -0.2) is 0 Å². The average molecular weight is 680 g/mol. The molecule has 0 atom stereocenters. The van der Waals surface area contributed by atoms with Crippen LogP contribution in [0, 0.1) is 0 Å². The molecule has 0 aliphatic heterocycles. The molecule has 9 aromatic rings. The third-order valence-corrected chi connectivity index (χ3v) is 11.1. The third kappa shape index (κ3) is 5.18. The largest absolute Gasteiger partial charge is 0.455 e. The van der Waals surface area contributed by atoms with Crippen LogP contribution in [-0.4, -0.2) is 0 Å². The number of nitrogens with zero attached hydrogens (tertiary/aromatic N) is 1. The van der Waals surface area contributed by atoms with Gasteiger partial charge in [-0.1, -0.05) is 147 Å². The van der Waals surface area contributed by atoms with Crippen molar-refractivity contribution >= 4 is 39.0 Å². The van der Waals surface area contributed by atoms with E-state index >= 15 is 0 Å². The minimum atomic E-state index is -0.101. The first-order valence-corrected chi connectivity index (χ1v) is 18.3. The minimum Gasteiger partial charge on any atom is -0.455 e. The zero-order valence-corrected chi connectivity index (χ0v) is 29.8. The van der Waals surface area contributed by atoms with Gasteiger partial charge in [0.15, 0.2) is 0 Å². The Morgan fingerprint density at radius 1 is 0.377 bits per heavy atom. The van der Waals surface area contributed by atoms with E-state index in [0.717, 1.165) is 50.1 Å². The summed E-state index contributed by atoms with van der Waals surface area (Å²) >= 11 is 0. The van der Waals surface area contributed by atoms with Crippen LogP contribution >= 0.6 is 0 Å². The van der Waals surface area contributed by atoms with E-state index in [1.165, 1.54) is 44.5 Å². The van der Waals surface area contributed by atoms with Gasteiger partial charge in [-0.2, -0.15) is 0 Å². The summed E-state index contributed by atoms with van der Waals surface area (Å²) in [5, 5.41) is 2.26. The number of hydrogen-bond acceptors (Lipinski definition) is 2. The molecule has 10 rings (SSSR count). The van der Waals surface area contributed by atoms with E-state index in [4.69, 9.17) is 4.42 Å². The fraction of sp³-hybridized carbons (Fsp3) is 0.0588. The van der Waals surface area contributed by atoms with Gasteiger partial charge in [0.25, 0.3) is 0 Å². The smallest absolute Gasteiger partial charge is 0.143 e. The van der Waals surface area contributed by atoms with Crippen LogP contribution in [0.4, 0.5) is 17.1 Å². The van der Waals surface area contributed by atoms with Crippen LogP contribution in [0.25, 0.3) is 66.4 Å². The van der Waals surface area contributed by atoms with Crippen molar-refractivity contribution in [1.29, 1.82) is 0 Å². The number of furan rings is 1. The Hall–Kier alpha value is -6.64. The molecular weight excluding hydrogens is 643 g/mol. The molecule has 0 bridgehead atoms. The highest BCUT2D eigenvalue weighted by molar-refractivity contribution is 6.11. The maximum atomic E-state index is 6.57. The molecule has 2 nitrogen and oxygen atoms in total. The summed E-state index contributed by atoms with van der Waals surface area (Å²) in [5.74, 6) is 0. The van der Waals surface area contributed by atoms with Gasteiger partial charge in [-0.05, 0) is 105 Å². The monoisotopic (exact) mass is 679 g/mol. The van der Waals surface area contributed by atoms with E-state index < -0.39 is 0 Å². The highest BCUT2D eigenvalue weighted by Crippen LogP contribution is 2.51. The van der Waals surface area contributed by atoms with Crippen LogP contribution in [0.1, 0.15) is 25.0 Å². The molecule has 53 heavy (non-hydrogen) atoms. The van der Waals surface area contributed by atoms with Crippen molar-refractivity contribution in [2.24, 2.45) is 0 Å². The second-order valence-electron chi connectivity index (χ2n) is 14.6. The van der Waals surface area contributed by atoms with Crippen LogP contribution in [0.3, 0.4) is 0 Å². The van der Waals surface area contributed by atoms with Gasteiger partial charge < -0.3 is 9.32 Å². The molecule has 0 saturated carbocycles. The lowest BCUT2D eigenvalue weighted by atomic mass is 9.82. The number of benzene rings is 8. The molecular formula is C51H37NO. The van der Waals surface area contributed by atoms with Gasteiger partial charge in [-0.3, -0.25) is 0 Å². The quantitative estimate of drug-likeness (QED) is 0.174. The Kier molecular flexibility index (Phi) is 7.19. The van der Waals surface area contributed by atoms with Crippen molar-refractivity contribution in [3.63, 3.8) is 0 Å². The summed E-state index contributed by atoms with van der Waals surface area (Å²) < 4.78 is 6.57. The Morgan fingerprint density at radius 2 is 0.925 bits per heavy atom. The van der Waals surface area contributed by atoms with E-state index in [-0.39, 0.29) is 5.41 Å². The van der Waals surface area contributed by atoms with Gasteiger partial charge in [0, 0.05) is 38.8 Å². The number of anilines is 3. The SMILES string of the molecule is CC1(C)c2ccccc2-c2ccc(N(c3ccc(-c4ccccc4)cc3)c3ccc(-c4cc(-c5ccccc5)cc5c4oc4ccccc45)cc3)cc21. The van der Waals surface area contributed by atoms with Crippen molar-refractivity contribution < 1.29 is 4.42 Å². The van der Waals surface area contributed by atoms with Crippen molar-refractivity contribution in [1.82, 2.24) is 0 Å². The average Bonchev–Trinajstić information content (AvgIpc) is 3.71. The van der Waals surface area contributed by atoms with Crippen LogP contribution in [0.5, 0.6) is 0 Å². The summed E-state index contributed by atoms with van der Waals surface area (Å²) in [4.78, 5) is 2.38. The predicted octanol–water partition coefficient (Wildman–Crippen LogP) is 14.4. The Labute approximate surface area is 310 Å². The van der Waals surface area contributed by atoms with Crippen LogP contribution < -0.4 is 4.90 Å². The van der Waals surface area contributed by atoms with E-state index in [0.29, 0.717) is 0 Å². The first-order chi connectivity index (χ1) is 26.0. The summed E-state index contributed by atoms with van der Waals surface area (Å²) in [5.41, 5.74) is 17.4. The van der Waals surface area contributed by atoms with Crippen molar-refractivity contribution in [3.8, 4) is 44.5 Å². The van der Waals surface area contributed by atoms with E-state index in [1.54, 1.807) is 0 Å². The molecule has 1 aliphatic carbocycles. The second kappa shape index (κ2) is 12.3. The molecule has 252 valence electrons. The zero-order chi connectivity index (χ0) is 35.5. The van der Waals surface area contributed by atoms with Gasteiger partial charge in [-0.15, -0.1) is 0 Å². The number of rotatable bonds is 6. The second-order valence-corrected chi connectivity index (χ2v) is 14.6. The molecule has 1 aliphatic rings. The fourth-order valence-electron chi connectivity index (χ4n) is 8.34. The number of hydrogen-bond donors (Lipinski definition) is 0. The molecule has 0 spiro atoms. The molecule has 8 aromatic carbocycles. The van der Waals surface area contributed by atoms with Crippen molar-refractivity contribution in [2.45, 2.75) is 19.3 Å². The molecule has 2 heteroatoms. The lowest BCUT2D eigenvalue weighted by Gasteiger charge is -2.28. The van der Waals surface area contributed by atoms with Gasteiger partial charge in [0.2, 0.25) is 0 Å².